The molecule has 3 rings (SSSR count). The van der Waals surface area contributed by atoms with Crippen LogP contribution in [0.5, 0.6) is 0 Å². The number of hydrogen-bond acceptors (Lipinski definition) is 7. The van der Waals surface area contributed by atoms with Gasteiger partial charge >= 0.3 is 11.9 Å². The zero-order valence-electron chi connectivity index (χ0n) is 17.3. The van der Waals surface area contributed by atoms with Gasteiger partial charge in [0.15, 0.2) is 0 Å². The number of carbonyl (C=O) groups is 2. The van der Waals surface area contributed by atoms with E-state index in [1.807, 2.05) is 0 Å². The average molecular weight is 405 g/mol. The highest BCUT2D eigenvalue weighted by Gasteiger charge is 2.30. The van der Waals surface area contributed by atoms with Crippen molar-refractivity contribution in [2.75, 3.05) is 18.0 Å². The number of carbonyl (C=O) groups excluding carboxylic acids is 1. The molecule has 0 bridgehead atoms. The maximum Gasteiger partial charge on any atom is 0.338 e. The van der Waals surface area contributed by atoms with Crippen LogP contribution in [-0.2, 0) is 9.53 Å². The van der Waals surface area contributed by atoms with Crippen LogP contribution in [0.25, 0.3) is 0 Å². The Labute approximate surface area is 172 Å². The number of ether oxygens (including phenoxy) is 1. The number of nitrogens with one attached hydrogen (secondary N) is 1. The number of aromatic carboxylic acids is 1. The lowest BCUT2D eigenvalue weighted by molar-refractivity contribution is -0.152. The van der Waals surface area contributed by atoms with E-state index in [1.54, 1.807) is 0 Å². The smallest absolute Gasteiger partial charge is 0.338 e. The summed E-state index contributed by atoms with van der Waals surface area (Å²) in [5.41, 5.74) is 0.0857. The number of anilines is 1. The molecule has 160 valence electrons. The van der Waals surface area contributed by atoms with Gasteiger partial charge in [0, 0.05) is 31.5 Å². The van der Waals surface area contributed by atoms with Crippen LogP contribution >= 0.6 is 0 Å². The fourth-order valence-corrected chi connectivity index (χ4v) is 4.08. The van der Waals surface area contributed by atoms with Gasteiger partial charge in [0.1, 0.15) is 12.1 Å². The van der Waals surface area contributed by atoms with Gasteiger partial charge in [0.05, 0.1) is 5.56 Å². The summed E-state index contributed by atoms with van der Waals surface area (Å²) in [4.78, 5) is 34.1. The van der Waals surface area contributed by atoms with E-state index >= 15 is 0 Å². The number of esters is 1. The second-order valence-corrected chi connectivity index (χ2v) is 8.53. The quantitative estimate of drug-likeness (QED) is 0.637. The summed E-state index contributed by atoms with van der Waals surface area (Å²) in [6.45, 7) is 5.77. The summed E-state index contributed by atoms with van der Waals surface area (Å²) in [7, 11) is 0. The van der Waals surface area contributed by atoms with E-state index < -0.39 is 5.97 Å². The van der Waals surface area contributed by atoms with Gasteiger partial charge in [0.2, 0.25) is 5.95 Å². The average Bonchev–Trinajstić information content (AvgIpc) is 3.21. The fourth-order valence-electron chi connectivity index (χ4n) is 4.08. The molecule has 1 aliphatic heterocycles. The van der Waals surface area contributed by atoms with E-state index in [2.05, 4.69) is 34.0 Å². The van der Waals surface area contributed by atoms with E-state index in [0.717, 1.165) is 58.0 Å². The third-order valence-electron chi connectivity index (χ3n) is 5.68. The normalized spacial score (nSPS) is 19.5. The van der Waals surface area contributed by atoms with Crippen LogP contribution in [0, 0.1) is 5.92 Å². The molecule has 2 aliphatic rings. The van der Waals surface area contributed by atoms with Crippen molar-refractivity contribution in [1.82, 2.24) is 15.3 Å². The fraction of sp³-hybridized carbons (Fsp3) is 0.714. The van der Waals surface area contributed by atoms with Crippen molar-refractivity contribution in [3.8, 4) is 0 Å². The molecule has 1 unspecified atom stereocenters. The first-order chi connectivity index (χ1) is 13.9. The van der Waals surface area contributed by atoms with Crippen LogP contribution in [-0.4, -0.2) is 58.3 Å². The van der Waals surface area contributed by atoms with E-state index in [4.69, 9.17) is 9.84 Å². The maximum atomic E-state index is 12.7. The van der Waals surface area contributed by atoms with Crippen LogP contribution in [0.15, 0.2) is 12.4 Å². The van der Waals surface area contributed by atoms with Gasteiger partial charge in [-0.25, -0.2) is 14.8 Å². The first kappa shape index (κ1) is 21.5. The molecule has 2 heterocycles. The number of carboxylic acid groups (broad SMARTS) is 1. The van der Waals surface area contributed by atoms with Crippen molar-refractivity contribution >= 4 is 17.9 Å². The first-order valence-corrected chi connectivity index (χ1v) is 10.7. The first-order valence-electron chi connectivity index (χ1n) is 10.7. The second kappa shape index (κ2) is 10.0. The second-order valence-electron chi connectivity index (χ2n) is 8.53. The van der Waals surface area contributed by atoms with Crippen LogP contribution < -0.4 is 10.2 Å². The third kappa shape index (κ3) is 6.13. The summed E-state index contributed by atoms with van der Waals surface area (Å²) in [6.07, 6.45) is 9.54. The van der Waals surface area contributed by atoms with Crippen molar-refractivity contribution < 1.29 is 19.4 Å². The predicted molar refractivity (Wildman–Crippen MR) is 109 cm³/mol. The van der Waals surface area contributed by atoms with Crippen molar-refractivity contribution in [2.45, 2.75) is 77.0 Å². The molecule has 29 heavy (non-hydrogen) atoms. The Kier molecular flexibility index (Phi) is 7.41. The molecular formula is C21H32N4O4. The van der Waals surface area contributed by atoms with Crippen molar-refractivity contribution in [3.05, 3.63) is 18.0 Å². The SMILES string of the molecule is CC(C)CC(NC1CCN(c2ncc(C(=O)O)cn2)CC1)C(=O)OC1CCCC1. The van der Waals surface area contributed by atoms with Gasteiger partial charge in [-0.2, -0.15) is 0 Å². The minimum atomic E-state index is -1.03. The van der Waals surface area contributed by atoms with Gasteiger partial charge in [-0.15, -0.1) is 0 Å². The van der Waals surface area contributed by atoms with Crippen LogP contribution in [0.2, 0.25) is 0 Å². The van der Waals surface area contributed by atoms with Crippen LogP contribution in [0.1, 0.15) is 69.2 Å². The summed E-state index contributed by atoms with van der Waals surface area (Å²) >= 11 is 0. The van der Waals surface area contributed by atoms with Crippen molar-refractivity contribution in [1.29, 1.82) is 0 Å². The molecule has 2 N–H and O–H groups in total. The molecule has 8 heteroatoms. The molecule has 0 aromatic carbocycles. The number of rotatable bonds is 8. The molecule has 1 aromatic heterocycles. The number of aromatic nitrogens is 2. The summed E-state index contributed by atoms with van der Waals surface area (Å²) in [5.74, 6) is -0.182. The number of hydrogen-bond donors (Lipinski definition) is 2. The maximum absolute atomic E-state index is 12.7. The van der Waals surface area contributed by atoms with E-state index in [9.17, 15) is 9.59 Å². The molecule has 0 radical (unpaired) electrons. The van der Waals surface area contributed by atoms with Crippen LogP contribution in [0.4, 0.5) is 5.95 Å². The summed E-state index contributed by atoms with van der Waals surface area (Å²) < 4.78 is 5.76. The standard InChI is InChI=1S/C21H32N4O4/c1-14(2)11-18(20(28)29-17-5-3-4-6-17)24-16-7-9-25(10-8-16)21-22-12-15(13-23-21)19(26)27/h12-14,16-18,24H,3-11H2,1-2H3,(H,26,27). The highest BCUT2D eigenvalue weighted by atomic mass is 16.5. The van der Waals surface area contributed by atoms with Crippen molar-refractivity contribution in [3.63, 3.8) is 0 Å². The van der Waals surface area contributed by atoms with Crippen molar-refractivity contribution in [2.24, 2.45) is 5.92 Å². The van der Waals surface area contributed by atoms with Gasteiger partial charge in [-0.05, 0) is 50.9 Å². The lowest BCUT2D eigenvalue weighted by Gasteiger charge is -2.34. The molecule has 0 amide bonds. The lowest BCUT2D eigenvalue weighted by atomic mass is 9.99. The zero-order valence-corrected chi connectivity index (χ0v) is 17.3. The molecule has 8 nitrogen and oxygen atoms in total. The molecule has 0 spiro atoms. The minimum absolute atomic E-state index is 0.0857. The van der Waals surface area contributed by atoms with E-state index in [-0.39, 0.29) is 29.7 Å². The topological polar surface area (TPSA) is 105 Å². The Morgan fingerprint density at radius 1 is 1.17 bits per heavy atom. The Balaban J connectivity index is 1.52. The lowest BCUT2D eigenvalue weighted by Crippen LogP contribution is -2.50. The predicted octanol–water partition coefficient (Wildman–Crippen LogP) is 2.63. The number of piperidine rings is 1. The van der Waals surface area contributed by atoms with Gasteiger partial charge in [-0.1, -0.05) is 13.8 Å². The molecular weight excluding hydrogens is 372 g/mol. The Bertz CT molecular complexity index is 680. The molecule has 1 aromatic rings. The Morgan fingerprint density at radius 2 is 1.79 bits per heavy atom. The van der Waals surface area contributed by atoms with E-state index in [0.29, 0.717) is 11.9 Å². The molecule has 1 saturated heterocycles. The van der Waals surface area contributed by atoms with Gasteiger partial charge in [0.25, 0.3) is 0 Å². The highest BCUT2D eigenvalue weighted by molar-refractivity contribution is 5.86. The molecule has 1 atom stereocenters. The monoisotopic (exact) mass is 404 g/mol. The Hall–Kier alpha value is -2.22. The third-order valence-corrected chi connectivity index (χ3v) is 5.68. The van der Waals surface area contributed by atoms with Gasteiger partial charge in [-0.3, -0.25) is 4.79 Å². The largest absolute Gasteiger partial charge is 0.478 e. The minimum Gasteiger partial charge on any atom is -0.478 e. The number of nitrogens with zero attached hydrogens (tertiary/aromatic N) is 3. The van der Waals surface area contributed by atoms with E-state index in [1.165, 1.54) is 12.4 Å². The summed E-state index contributed by atoms with van der Waals surface area (Å²) in [5, 5.41) is 12.5. The van der Waals surface area contributed by atoms with Crippen LogP contribution in [0.3, 0.4) is 0 Å². The summed E-state index contributed by atoms with van der Waals surface area (Å²) in [6, 6.07) is -0.0253. The number of carboxylic acids is 1. The van der Waals surface area contributed by atoms with Gasteiger partial charge < -0.3 is 20.1 Å². The molecule has 2 fully saturated rings. The Morgan fingerprint density at radius 3 is 2.34 bits per heavy atom. The molecule has 1 aliphatic carbocycles. The zero-order chi connectivity index (χ0) is 20.8. The molecule has 1 saturated carbocycles. The highest BCUT2D eigenvalue weighted by Crippen LogP contribution is 2.23.